The average Bonchev–Trinajstić information content (AvgIpc) is 2.66. The molecule has 5 atom stereocenters. The van der Waals surface area contributed by atoms with Gasteiger partial charge in [-0.1, -0.05) is 20.8 Å². The minimum absolute atomic E-state index is 0.111. The third kappa shape index (κ3) is 3.29. The fourth-order valence-electron chi connectivity index (χ4n) is 5.42. The molecule has 2 heterocycles. The second kappa shape index (κ2) is 7.28. The summed E-state index contributed by atoms with van der Waals surface area (Å²) < 4.78 is 37.4. The van der Waals surface area contributed by atoms with Crippen molar-refractivity contribution in [3.8, 4) is 5.75 Å². The maximum atomic E-state index is 13.0. The van der Waals surface area contributed by atoms with Crippen LogP contribution in [0.15, 0.2) is 11.0 Å². The predicted octanol–water partition coefficient (Wildman–Crippen LogP) is 4.03. The molecule has 28 heavy (non-hydrogen) atoms. The van der Waals surface area contributed by atoms with Crippen molar-refractivity contribution in [2.24, 2.45) is 23.2 Å². The van der Waals surface area contributed by atoms with Crippen molar-refractivity contribution in [3.05, 3.63) is 16.6 Å². The van der Waals surface area contributed by atoms with Crippen LogP contribution in [0.1, 0.15) is 59.1 Å². The maximum Gasteiger partial charge on any atom is 0.387 e. The maximum absolute atomic E-state index is 13.0. The molecular formula is C20H29F2N3O3. The van der Waals surface area contributed by atoms with Crippen molar-refractivity contribution in [1.29, 1.82) is 0 Å². The normalized spacial score (nSPS) is 34.0. The summed E-state index contributed by atoms with van der Waals surface area (Å²) in [5.41, 5.74) is -0.112. The summed E-state index contributed by atoms with van der Waals surface area (Å²) in [6, 6.07) is 0.111. The summed E-state index contributed by atoms with van der Waals surface area (Å²) in [4.78, 5) is 12.8. The first-order valence-corrected chi connectivity index (χ1v) is 10.2. The number of rotatable bonds is 5. The van der Waals surface area contributed by atoms with Crippen molar-refractivity contribution in [2.45, 2.75) is 71.8 Å². The van der Waals surface area contributed by atoms with Crippen LogP contribution in [0.4, 0.5) is 14.5 Å². The van der Waals surface area contributed by atoms with E-state index in [1.165, 1.54) is 12.6 Å². The number of ether oxygens (including phenoxy) is 2. The number of halogens is 2. The molecule has 1 aromatic rings. The topological polar surface area (TPSA) is 65.4 Å². The SMILES string of the molecule is C[C@@H]1C2C[C@@H](C[C@H]1Nc1cnn(C3CCCCO3)c(=O)c1OC(F)F)C2(C)C. The van der Waals surface area contributed by atoms with Gasteiger partial charge in [0, 0.05) is 12.6 Å². The minimum atomic E-state index is -3.08. The van der Waals surface area contributed by atoms with Gasteiger partial charge in [-0.15, -0.1) is 0 Å². The fraction of sp³-hybridized carbons (Fsp3) is 0.800. The first kappa shape index (κ1) is 19.6. The lowest BCUT2D eigenvalue weighted by atomic mass is 9.45. The van der Waals surface area contributed by atoms with Gasteiger partial charge in [0.25, 0.3) is 0 Å². The Balaban J connectivity index is 1.60. The number of hydrogen-bond donors (Lipinski definition) is 1. The molecule has 5 rings (SSSR count). The Hall–Kier alpha value is -1.70. The third-order valence-corrected chi connectivity index (χ3v) is 7.29. The van der Waals surface area contributed by atoms with E-state index in [0.29, 0.717) is 36.2 Å². The second-order valence-corrected chi connectivity index (χ2v) is 9.04. The highest BCUT2D eigenvalue weighted by atomic mass is 19.3. The molecule has 1 saturated heterocycles. The first-order chi connectivity index (χ1) is 13.3. The smallest absolute Gasteiger partial charge is 0.387 e. The number of hydrogen-bond acceptors (Lipinski definition) is 5. The Morgan fingerprint density at radius 2 is 2.14 bits per heavy atom. The van der Waals surface area contributed by atoms with Gasteiger partial charge in [0.1, 0.15) is 5.69 Å². The van der Waals surface area contributed by atoms with Crippen molar-refractivity contribution in [3.63, 3.8) is 0 Å². The van der Waals surface area contributed by atoms with E-state index in [1.54, 1.807) is 0 Å². The van der Waals surface area contributed by atoms with Crippen LogP contribution in [0.5, 0.6) is 5.75 Å². The van der Waals surface area contributed by atoms with Gasteiger partial charge in [-0.3, -0.25) is 4.79 Å². The zero-order valence-electron chi connectivity index (χ0n) is 16.7. The van der Waals surface area contributed by atoms with Crippen LogP contribution in [-0.2, 0) is 4.74 Å². The van der Waals surface area contributed by atoms with E-state index in [-0.39, 0.29) is 17.5 Å². The Morgan fingerprint density at radius 1 is 1.36 bits per heavy atom. The summed E-state index contributed by atoms with van der Waals surface area (Å²) in [5.74, 6) is 1.20. The highest BCUT2D eigenvalue weighted by Gasteiger charge is 2.56. The lowest BCUT2D eigenvalue weighted by Gasteiger charge is -2.62. The van der Waals surface area contributed by atoms with Crippen molar-refractivity contribution in [2.75, 3.05) is 11.9 Å². The molecule has 4 aliphatic rings. The van der Waals surface area contributed by atoms with Gasteiger partial charge in [-0.2, -0.15) is 18.6 Å². The van der Waals surface area contributed by atoms with Crippen molar-refractivity contribution < 1.29 is 18.3 Å². The molecule has 8 heteroatoms. The van der Waals surface area contributed by atoms with Crippen LogP contribution in [0.2, 0.25) is 0 Å². The molecule has 0 spiro atoms. The molecule has 1 aliphatic heterocycles. The van der Waals surface area contributed by atoms with Gasteiger partial charge in [-0.25, -0.2) is 0 Å². The number of nitrogens with zero attached hydrogens (tertiary/aromatic N) is 2. The zero-order valence-corrected chi connectivity index (χ0v) is 16.7. The van der Waals surface area contributed by atoms with E-state index >= 15 is 0 Å². The molecule has 1 N–H and O–H groups in total. The molecule has 1 aromatic heterocycles. The lowest BCUT2D eigenvalue weighted by molar-refractivity contribution is -0.105. The highest BCUT2D eigenvalue weighted by Crippen LogP contribution is 2.61. The molecule has 0 amide bonds. The van der Waals surface area contributed by atoms with E-state index < -0.39 is 18.4 Å². The summed E-state index contributed by atoms with van der Waals surface area (Å²) >= 11 is 0. The number of fused-ring (bicyclic) bond motifs is 2. The van der Waals surface area contributed by atoms with Gasteiger partial charge in [-0.05, 0) is 55.3 Å². The molecule has 2 unspecified atom stereocenters. The molecule has 6 nitrogen and oxygen atoms in total. The Labute approximate surface area is 163 Å². The highest BCUT2D eigenvalue weighted by molar-refractivity contribution is 5.54. The van der Waals surface area contributed by atoms with E-state index in [2.05, 4.69) is 35.9 Å². The summed E-state index contributed by atoms with van der Waals surface area (Å²) in [6.07, 6.45) is 5.52. The van der Waals surface area contributed by atoms with Gasteiger partial charge >= 0.3 is 12.2 Å². The van der Waals surface area contributed by atoms with Crippen LogP contribution in [0.25, 0.3) is 0 Å². The van der Waals surface area contributed by atoms with E-state index in [9.17, 15) is 13.6 Å². The number of nitrogens with one attached hydrogen (secondary N) is 1. The largest absolute Gasteiger partial charge is 0.427 e. The van der Waals surface area contributed by atoms with Crippen molar-refractivity contribution in [1.82, 2.24) is 9.78 Å². The zero-order chi connectivity index (χ0) is 20.1. The minimum Gasteiger partial charge on any atom is -0.427 e. The van der Waals surface area contributed by atoms with Crippen LogP contribution >= 0.6 is 0 Å². The molecule has 4 fully saturated rings. The van der Waals surface area contributed by atoms with Gasteiger partial charge in [0.15, 0.2) is 6.23 Å². The second-order valence-electron chi connectivity index (χ2n) is 9.04. The molecule has 3 aliphatic carbocycles. The molecule has 3 saturated carbocycles. The standard InChI is InChI=1S/C20H29F2N3O3/c1-11-13-8-12(20(13,2)3)9-14(11)24-15-10-23-25(16-6-4-5-7-27-16)18(26)17(15)28-19(21)22/h10-14,16,19,24H,4-9H2,1-3H3/t11-,12+,13?,14-,16?/m1/s1. The average molecular weight is 397 g/mol. The van der Waals surface area contributed by atoms with E-state index in [0.717, 1.165) is 23.9 Å². The monoisotopic (exact) mass is 397 g/mol. The number of anilines is 1. The Bertz CT molecular complexity index is 776. The quantitative estimate of drug-likeness (QED) is 0.813. The van der Waals surface area contributed by atoms with Crippen LogP contribution in [0, 0.1) is 23.2 Å². The fourth-order valence-corrected chi connectivity index (χ4v) is 5.42. The number of alkyl halides is 2. The molecular weight excluding hydrogens is 368 g/mol. The number of aromatic nitrogens is 2. The van der Waals surface area contributed by atoms with Gasteiger partial charge in [0.2, 0.25) is 5.75 Å². The summed E-state index contributed by atoms with van der Waals surface area (Å²) in [7, 11) is 0. The van der Waals surface area contributed by atoms with Crippen LogP contribution in [0.3, 0.4) is 0 Å². The molecule has 0 aromatic carbocycles. The van der Waals surface area contributed by atoms with Gasteiger partial charge in [0.05, 0.1) is 6.20 Å². The van der Waals surface area contributed by atoms with Crippen molar-refractivity contribution >= 4 is 5.69 Å². The van der Waals surface area contributed by atoms with Gasteiger partial charge < -0.3 is 14.8 Å². The third-order valence-electron chi connectivity index (χ3n) is 7.29. The summed E-state index contributed by atoms with van der Waals surface area (Å²) in [5, 5.41) is 7.51. The van der Waals surface area contributed by atoms with E-state index in [4.69, 9.17) is 4.74 Å². The van der Waals surface area contributed by atoms with Crippen LogP contribution < -0.4 is 15.6 Å². The Morgan fingerprint density at radius 3 is 2.75 bits per heavy atom. The molecule has 2 bridgehead atoms. The van der Waals surface area contributed by atoms with Crippen LogP contribution in [-0.4, -0.2) is 29.0 Å². The summed E-state index contributed by atoms with van der Waals surface area (Å²) in [6.45, 7) is 4.25. The molecule has 156 valence electrons. The Kier molecular flexibility index (Phi) is 5.10. The van der Waals surface area contributed by atoms with E-state index in [1.807, 2.05) is 0 Å². The molecule has 0 radical (unpaired) electrons. The predicted molar refractivity (Wildman–Crippen MR) is 101 cm³/mol. The lowest BCUT2D eigenvalue weighted by Crippen LogP contribution is -2.58. The first-order valence-electron chi connectivity index (χ1n) is 10.2.